The monoisotopic (exact) mass is 279 g/mol. The van der Waals surface area contributed by atoms with Gasteiger partial charge in [0.15, 0.2) is 0 Å². The summed E-state index contributed by atoms with van der Waals surface area (Å²) in [5.41, 5.74) is 11.2. The van der Waals surface area contributed by atoms with E-state index in [1.807, 2.05) is 12.1 Å². The Morgan fingerprint density at radius 3 is 2.55 bits per heavy atom. The number of hydrazine groups is 1. The van der Waals surface area contributed by atoms with Crippen LogP contribution in [-0.4, -0.2) is 23.6 Å². The molecule has 3 atom stereocenters. The average Bonchev–Trinajstić information content (AvgIpc) is 2.42. The van der Waals surface area contributed by atoms with Crippen molar-refractivity contribution in [2.45, 2.75) is 58.2 Å². The highest BCUT2D eigenvalue weighted by Gasteiger charge is 2.26. The normalized spacial score (nSPS) is 25.6. The van der Waals surface area contributed by atoms with Crippen LogP contribution in [0.2, 0.25) is 0 Å². The summed E-state index contributed by atoms with van der Waals surface area (Å²) in [6.45, 7) is 6.78. The second-order valence-corrected chi connectivity index (χ2v) is 5.96. The minimum absolute atomic E-state index is 0.0392. The lowest BCUT2D eigenvalue weighted by molar-refractivity contribution is 0.0304. The van der Waals surface area contributed by atoms with E-state index in [9.17, 15) is 4.39 Å². The van der Waals surface area contributed by atoms with E-state index >= 15 is 0 Å². The van der Waals surface area contributed by atoms with Crippen molar-refractivity contribution in [3.63, 3.8) is 0 Å². The molecule has 3 N–H and O–H groups in total. The van der Waals surface area contributed by atoms with Crippen LogP contribution in [-0.2, 0) is 0 Å². The SMILES string of the molecule is Cc1cc(C(CN)NN2C(C)CCCC2C)ccc1F. The van der Waals surface area contributed by atoms with Gasteiger partial charge in [-0.2, -0.15) is 0 Å². The molecular weight excluding hydrogens is 253 g/mol. The van der Waals surface area contributed by atoms with Gasteiger partial charge in [0, 0.05) is 18.6 Å². The van der Waals surface area contributed by atoms with Gasteiger partial charge in [-0.1, -0.05) is 18.6 Å². The molecule has 1 aromatic carbocycles. The van der Waals surface area contributed by atoms with Crippen molar-refractivity contribution >= 4 is 0 Å². The molecule has 20 heavy (non-hydrogen) atoms. The second kappa shape index (κ2) is 6.66. The number of piperidine rings is 1. The summed E-state index contributed by atoms with van der Waals surface area (Å²) in [4.78, 5) is 0. The quantitative estimate of drug-likeness (QED) is 0.890. The van der Waals surface area contributed by atoms with Gasteiger partial charge >= 0.3 is 0 Å². The number of nitrogens with zero attached hydrogens (tertiary/aromatic N) is 1. The highest BCUT2D eigenvalue weighted by Crippen LogP contribution is 2.23. The molecule has 1 aliphatic heterocycles. The van der Waals surface area contributed by atoms with Gasteiger partial charge < -0.3 is 5.73 Å². The lowest BCUT2D eigenvalue weighted by atomic mass is 9.99. The molecule has 0 spiro atoms. The van der Waals surface area contributed by atoms with Crippen LogP contribution in [0.5, 0.6) is 0 Å². The number of aryl methyl sites for hydroxylation is 1. The maximum atomic E-state index is 13.4. The minimum atomic E-state index is -0.163. The van der Waals surface area contributed by atoms with E-state index in [2.05, 4.69) is 24.3 Å². The fraction of sp³-hybridized carbons (Fsp3) is 0.625. The van der Waals surface area contributed by atoms with Crippen molar-refractivity contribution in [3.05, 3.63) is 35.1 Å². The molecule has 0 aromatic heterocycles. The van der Waals surface area contributed by atoms with Crippen molar-refractivity contribution in [3.8, 4) is 0 Å². The first-order valence-electron chi connectivity index (χ1n) is 7.53. The predicted octanol–water partition coefficient (Wildman–Crippen LogP) is 2.90. The maximum absolute atomic E-state index is 13.4. The second-order valence-electron chi connectivity index (χ2n) is 5.96. The minimum Gasteiger partial charge on any atom is -0.329 e. The fourth-order valence-corrected chi connectivity index (χ4v) is 3.00. The fourth-order valence-electron chi connectivity index (χ4n) is 3.00. The van der Waals surface area contributed by atoms with Crippen molar-refractivity contribution < 1.29 is 4.39 Å². The Hall–Kier alpha value is -0.970. The van der Waals surface area contributed by atoms with Gasteiger partial charge in [-0.25, -0.2) is 14.8 Å². The third-order valence-electron chi connectivity index (χ3n) is 4.32. The molecule has 1 heterocycles. The Morgan fingerprint density at radius 1 is 1.35 bits per heavy atom. The number of benzene rings is 1. The zero-order chi connectivity index (χ0) is 14.7. The number of halogens is 1. The van der Waals surface area contributed by atoms with Crippen LogP contribution in [0, 0.1) is 12.7 Å². The summed E-state index contributed by atoms with van der Waals surface area (Å²) in [5, 5.41) is 2.32. The Bertz CT molecular complexity index is 439. The maximum Gasteiger partial charge on any atom is 0.126 e. The molecular formula is C16H26FN3. The first-order chi connectivity index (χ1) is 9.52. The summed E-state index contributed by atoms with van der Waals surface area (Å²) in [6, 6.07) is 6.30. The van der Waals surface area contributed by atoms with E-state index in [0.717, 1.165) is 5.56 Å². The number of hydrogen-bond donors (Lipinski definition) is 2. The lowest BCUT2D eigenvalue weighted by Gasteiger charge is -2.41. The number of rotatable bonds is 4. The third kappa shape index (κ3) is 3.37. The van der Waals surface area contributed by atoms with Crippen LogP contribution in [0.3, 0.4) is 0 Å². The van der Waals surface area contributed by atoms with E-state index in [1.54, 1.807) is 6.92 Å². The topological polar surface area (TPSA) is 41.3 Å². The van der Waals surface area contributed by atoms with Crippen LogP contribution in [0.15, 0.2) is 18.2 Å². The van der Waals surface area contributed by atoms with E-state index in [-0.39, 0.29) is 11.9 Å². The largest absolute Gasteiger partial charge is 0.329 e. The van der Waals surface area contributed by atoms with Crippen molar-refractivity contribution in [1.29, 1.82) is 0 Å². The predicted molar refractivity (Wildman–Crippen MR) is 80.7 cm³/mol. The summed E-state index contributed by atoms with van der Waals surface area (Å²) < 4.78 is 13.4. The average molecular weight is 279 g/mol. The molecule has 2 rings (SSSR count). The van der Waals surface area contributed by atoms with Gasteiger partial charge in [0.25, 0.3) is 0 Å². The molecule has 112 valence electrons. The molecule has 1 saturated heterocycles. The first-order valence-corrected chi connectivity index (χ1v) is 7.53. The van der Waals surface area contributed by atoms with Crippen molar-refractivity contribution in [2.75, 3.05) is 6.54 Å². The Labute approximate surface area is 121 Å². The highest BCUT2D eigenvalue weighted by atomic mass is 19.1. The third-order valence-corrected chi connectivity index (χ3v) is 4.32. The Kier molecular flexibility index (Phi) is 5.13. The molecule has 3 unspecified atom stereocenters. The molecule has 1 aromatic rings. The first kappa shape index (κ1) is 15.4. The molecule has 0 amide bonds. The standard InChI is InChI=1S/C16H26FN3/c1-11-9-14(7-8-15(11)17)16(10-18)19-20-12(2)5-4-6-13(20)3/h7-9,12-13,16,19H,4-6,10,18H2,1-3H3. The summed E-state index contributed by atoms with van der Waals surface area (Å²) in [6.07, 6.45) is 3.69. The molecule has 4 heteroatoms. The van der Waals surface area contributed by atoms with Gasteiger partial charge in [0.1, 0.15) is 5.82 Å². The van der Waals surface area contributed by atoms with Gasteiger partial charge in [0.2, 0.25) is 0 Å². The van der Waals surface area contributed by atoms with Crippen molar-refractivity contribution in [2.24, 2.45) is 5.73 Å². The van der Waals surface area contributed by atoms with Crippen molar-refractivity contribution in [1.82, 2.24) is 10.4 Å². The molecule has 0 bridgehead atoms. The van der Waals surface area contributed by atoms with E-state index in [1.165, 1.54) is 25.3 Å². The molecule has 0 saturated carbocycles. The van der Waals surface area contributed by atoms with Crippen LogP contribution in [0.4, 0.5) is 4.39 Å². The number of nitrogens with two attached hydrogens (primary N) is 1. The van der Waals surface area contributed by atoms with Crippen LogP contribution < -0.4 is 11.2 Å². The summed E-state index contributed by atoms with van der Waals surface area (Å²) >= 11 is 0. The van der Waals surface area contributed by atoms with E-state index in [4.69, 9.17) is 5.73 Å². The lowest BCUT2D eigenvalue weighted by Crippen LogP contribution is -2.54. The van der Waals surface area contributed by atoms with Crippen LogP contribution >= 0.6 is 0 Å². The van der Waals surface area contributed by atoms with Gasteiger partial charge in [-0.05, 0) is 50.8 Å². The summed E-state index contributed by atoms with van der Waals surface area (Å²) in [5.74, 6) is -0.163. The van der Waals surface area contributed by atoms with Gasteiger partial charge in [0.05, 0.1) is 6.04 Å². The van der Waals surface area contributed by atoms with E-state index in [0.29, 0.717) is 24.2 Å². The number of nitrogens with one attached hydrogen (secondary N) is 1. The zero-order valence-corrected chi connectivity index (χ0v) is 12.7. The smallest absolute Gasteiger partial charge is 0.126 e. The molecule has 1 fully saturated rings. The Balaban J connectivity index is 2.13. The van der Waals surface area contributed by atoms with Crippen LogP contribution in [0.25, 0.3) is 0 Å². The molecule has 0 aliphatic carbocycles. The number of hydrogen-bond acceptors (Lipinski definition) is 3. The zero-order valence-electron chi connectivity index (χ0n) is 12.7. The van der Waals surface area contributed by atoms with Gasteiger partial charge in [-0.3, -0.25) is 0 Å². The van der Waals surface area contributed by atoms with Gasteiger partial charge in [-0.15, -0.1) is 0 Å². The van der Waals surface area contributed by atoms with Crippen LogP contribution in [0.1, 0.15) is 50.3 Å². The highest BCUT2D eigenvalue weighted by molar-refractivity contribution is 5.26. The Morgan fingerprint density at radius 2 is 2.00 bits per heavy atom. The van der Waals surface area contributed by atoms with E-state index < -0.39 is 0 Å². The summed E-state index contributed by atoms with van der Waals surface area (Å²) in [7, 11) is 0. The molecule has 1 aliphatic rings. The molecule has 3 nitrogen and oxygen atoms in total. The molecule has 0 radical (unpaired) electrons.